The maximum atomic E-state index is 12.3. The molecule has 1 aliphatic rings. The number of nitrogens with one attached hydrogen (secondary N) is 1. The molecule has 2 aromatic heterocycles. The predicted molar refractivity (Wildman–Crippen MR) is 76.2 cm³/mol. The summed E-state index contributed by atoms with van der Waals surface area (Å²) in [6, 6.07) is 5.59. The van der Waals surface area contributed by atoms with Crippen LogP contribution in [-0.2, 0) is 4.79 Å². The summed E-state index contributed by atoms with van der Waals surface area (Å²) in [4.78, 5) is 28.0. The molecule has 1 fully saturated rings. The highest BCUT2D eigenvalue weighted by Gasteiger charge is 2.48. The van der Waals surface area contributed by atoms with Crippen LogP contribution in [-0.4, -0.2) is 31.9 Å². The van der Waals surface area contributed by atoms with Gasteiger partial charge in [-0.25, -0.2) is 9.78 Å². The lowest BCUT2D eigenvalue weighted by atomic mass is 9.96. The SMILES string of the molecule is Cc1cccc2nc(C(=O)NC(C)(C(=O)O)C3CC3)cn12. The fourth-order valence-electron chi connectivity index (χ4n) is 2.55. The second kappa shape index (κ2) is 4.58. The highest BCUT2D eigenvalue weighted by atomic mass is 16.4. The van der Waals surface area contributed by atoms with Gasteiger partial charge in [0.15, 0.2) is 0 Å². The fraction of sp³-hybridized carbons (Fsp3) is 0.400. The number of aliphatic carboxylic acids is 1. The average Bonchev–Trinajstić information content (AvgIpc) is 3.18. The molecule has 2 N–H and O–H groups in total. The number of amides is 1. The Kier molecular flexibility index (Phi) is 2.97. The molecule has 110 valence electrons. The van der Waals surface area contributed by atoms with Gasteiger partial charge in [0.2, 0.25) is 0 Å². The molecule has 0 saturated heterocycles. The number of carboxylic acid groups (broad SMARTS) is 1. The van der Waals surface area contributed by atoms with Crippen LogP contribution in [0.15, 0.2) is 24.4 Å². The number of hydrogen-bond acceptors (Lipinski definition) is 3. The summed E-state index contributed by atoms with van der Waals surface area (Å²) in [6.45, 7) is 3.48. The Balaban J connectivity index is 1.90. The van der Waals surface area contributed by atoms with Crippen molar-refractivity contribution in [1.29, 1.82) is 0 Å². The number of carboxylic acids is 1. The third kappa shape index (κ3) is 2.26. The topological polar surface area (TPSA) is 83.7 Å². The maximum Gasteiger partial charge on any atom is 0.329 e. The molecule has 2 heterocycles. The molecule has 1 unspecified atom stereocenters. The lowest BCUT2D eigenvalue weighted by Gasteiger charge is -2.25. The highest BCUT2D eigenvalue weighted by molar-refractivity contribution is 5.97. The minimum atomic E-state index is -1.22. The van der Waals surface area contributed by atoms with Crippen LogP contribution in [0.1, 0.15) is 35.9 Å². The first-order chi connectivity index (χ1) is 9.91. The summed E-state index contributed by atoms with van der Waals surface area (Å²) >= 11 is 0. The van der Waals surface area contributed by atoms with E-state index < -0.39 is 17.4 Å². The molecule has 1 aliphatic carbocycles. The standard InChI is InChI=1S/C15H17N3O3/c1-9-4-3-5-12-16-11(8-18(9)12)13(19)17-15(2,14(20)21)10-6-7-10/h3-5,8,10H,6-7H2,1-2H3,(H,17,19)(H,20,21). The van der Waals surface area contributed by atoms with Crippen LogP contribution >= 0.6 is 0 Å². The Morgan fingerprint density at radius 3 is 2.71 bits per heavy atom. The van der Waals surface area contributed by atoms with Gasteiger partial charge in [0, 0.05) is 11.9 Å². The number of imidazole rings is 1. The fourth-order valence-corrected chi connectivity index (χ4v) is 2.55. The average molecular weight is 287 g/mol. The second-order valence-corrected chi connectivity index (χ2v) is 5.76. The Labute approximate surface area is 121 Å². The molecule has 6 heteroatoms. The van der Waals surface area contributed by atoms with E-state index in [4.69, 9.17) is 0 Å². The summed E-state index contributed by atoms with van der Waals surface area (Å²) in [5.41, 5.74) is 0.644. The van der Waals surface area contributed by atoms with Crippen LogP contribution in [0, 0.1) is 12.8 Å². The Hall–Kier alpha value is -2.37. The summed E-state index contributed by atoms with van der Waals surface area (Å²) in [6.07, 6.45) is 3.29. The van der Waals surface area contributed by atoms with Crippen molar-refractivity contribution in [3.63, 3.8) is 0 Å². The van der Waals surface area contributed by atoms with Crippen LogP contribution in [0.25, 0.3) is 5.65 Å². The van der Waals surface area contributed by atoms with Crippen molar-refractivity contribution in [3.8, 4) is 0 Å². The summed E-state index contributed by atoms with van der Waals surface area (Å²) in [5, 5.41) is 12.0. The van der Waals surface area contributed by atoms with Crippen LogP contribution in [0.5, 0.6) is 0 Å². The number of fused-ring (bicyclic) bond motifs is 1. The molecule has 21 heavy (non-hydrogen) atoms. The van der Waals surface area contributed by atoms with E-state index >= 15 is 0 Å². The lowest BCUT2D eigenvalue weighted by Crippen LogP contribution is -2.54. The van der Waals surface area contributed by atoms with Crippen LogP contribution in [0.3, 0.4) is 0 Å². The molecule has 0 radical (unpaired) electrons. The first-order valence-corrected chi connectivity index (χ1v) is 6.92. The number of pyridine rings is 1. The normalized spacial score (nSPS) is 17.4. The molecule has 0 spiro atoms. The van der Waals surface area contributed by atoms with Gasteiger partial charge in [-0.3, -0.25) is 4.79 Å². The van der Waals surface area contributed by atoms with E-state index in [-0.39, 0.29) is 11.6 Å². The molecular weight excluding hydrogens is 270 g/mol. The number of hydrogen-bond donors (Lipinski definition) is 2. The van der Waals surface area contributed by atoms with Crippen molar-refractivity contribution >= 4 is 17.5 Å². The van der Waals surface area contributed by atoms with Crippen molar-refractivity contribution in [2.24, 2.45) is 5.92 Å². The minimum Gasteiger partial charge on any atom is -0.480 e. The molecular formula is C15H17N3O3. The molecule has 1 saturated carbocycles. The smallest absolute Gasteiger partial charge is 0.329 e. The van der Waals surface area contributed by atoms with Gasteiger partial charge in [0.25, 0.3) is 5.91 Å². The highest BCUT2D eigenvalue weighted by Crippen LogP contribution is 2.39. The van der Waals surface area contributed by atoms with E-state index in [1.54, 1.807) is 19.2 Å². The van der Waals surface area contributed by atoms with E-state index in [1.165, 1.54) is 0 Å². The molecule has 1 amide bonds. The molecule has 0 aliphatic heterocycles. The Bertz CT molecular complexity index is 733. The lowest BCUT2D eigenvalue weighted by molar-refractivity contribution is -0.144. The number of aromatic nitrogens is 2. The Morgan fingerprint density at radius 2 is 2.14 bits per heavy atom. The van der Waals surface area contributed by atoms with Gasteiger partial charge < -0.3 is 14.8 Å². The number of carbonyl (C=O) groups is 2. The van der Waals surface area contributed by atoms with Crippen molar-refractivity contribution in [1.82, 2.24) is 14.7 Å². The van der Waals surface area contributed by atoms with Crippen LogP contribution in [0.2, 0.25) is 0 Å². The van der Waals surface area contributed by atoms with Gasteiger partial charge in [-0.1, -0.05) is 6.07 Å². The first kappa shape index (κ1) is 13.6. The number of rotatable bonds is 4. The van der Waals surface area contributed by atoms with Gasteiger partial charge in [-0.2, -0.15) is 0 Å². The van der Waals surface area contributed by atoms with E-state index in [9.17, 15) is 14.7 Å². The monoisotopic (exact) mass is 287 g/mol. The zero-order valence-corrected chi connectivity index (χ0v) is 12.0. The van der Waals surface area contributed by atoms with Gasteiger partial charge >= 0.3 is 5.97 Å². The Morgan fingerprint density at radius 1 is 1.43 bits per heavy atom. The van der Waals surface area contributed by atoms with Crippen molar-refractivity contribution in [2.45, 2.75) is 32.2 Å². The summed E-state index contributed by atoms with van der Waals surface area (Å²) in [5.74, 6) is -1.45. The maximum absolute atomic E-state index is 12.3. The third-order valence-electron chi connectivity index (χ3n) is 4.14. The van der Waals surface area contributed by atoms with Gasteiger partial charge in [-0.05, 0) is 44.7 Å². The van der Waals surface area contributed by atoms with E-state index in [2.05, 4.69) is 10.3 Å². The summed E-state index contributed by atoms with van der Waals surface area (Å²) < 4.78 is 1.81. The third-order valence-corrected chi connectivity index (χ3v) is 4.14. The first-order valence-electron chi connectivity index (χ1n) is 6.92. The molecule has 3 rings (SSSR count). The number of nitrogens with zero attached hydrogens (tertiary/aromatic N) is 2. The van der Waals surface area contributed by atoms with Gasteiger partial charge in [-0.15, -0.1) is 0 Å². The van der Waals surface area contributed by atoms with E-state index in [1.807, 2.05) is 23.5 Å². The van der Waals surface area contributed by atoms with E-state index in [0.29, 0.717) is 5.65 Å². The molecule has 0 aromatic carbocycles. The van der Waals surface area contributed by atoms with Crippen molar-refractivity contribution < 1.29 is 14.7 Å². The molecule has 2 aromatic rings. The van der Waals surface area contributed by atoms with Crippen LogP contribution in [0.4, 0.5) is 0 Å². The van der Waals surface area contributed by atoms with E-state index in [0.717, 1.165) is 18.5 Å². The zero-order chi connectivity index (χ0) is 15.2. The summed E-state index contributed by atoms with van der Waals surface area (Å²) in [7, 11) is 0. The van der Waals surface area contributed by atoms with Gasteiger partial charge in [0.05, 0.1) is 0 Å². The van der Waals surface area contributed by atoms with Crippen LogP contribution < -0.4 is 5.32 Å². The molecule has 0 bridgehead atoms. The molecule has 1 atom stereocenters. The van der Waals surface area contributed by atoms with Crippen molar-refractivity contribution in [3.05, 3.63) is 35.8 Å². The number of aryl methyl sites for hydroxylation is 1. The zero-order valence-electron chi connectivity index (χ0n) is 12.0. The second-order valence-electron chi connectivity index (χ2n) is 5.76. The number of carbonyl (C=O) groups excluding carboxylic acids is 1. The van der Waals surface area contributed by atoms with Crippen molar-refractivity contribution in [2.75, 3.05) is 0 Å². The minimum absolute atomic E-state index is 0.00211. The van der Waals surface area contributed by atoms with Gasteiger partial charge in [0.1, 0.15) is 16.9 Å². The quantitative estimate of drug-likeness (QED) is 0.895. The molecule has 6 nitrogen and oxygen atoms in total. The largest absolute Gasteiger partial charge is 0.480 e. The predicted octanol–water partition coefficient (Wildman–Crippen LogP) is 1.63.